The van der Waals surface area contributed by atoms with Crippen LogP contribution in [0.2, 0.25) is 0 Å². The Morgan fingerprint density at radius 1 is 1.03 bits per heavy atom. The van der Waals surface area contributed by atoms with Crippen LogP contribution in [0.15, 0.2) is 48.5 Å². The van der Waals surface area contributed by atoms with E-state index in [4.69, 9.17) is 0 Å². The van der Waals surface area contributed by atoms with Gasteiger partial charge in [0.1, 0.15) is 0 Å². The van der Waals surface area contributed by atoms with Crippen molar-refractivity contribution in [2.24, 2.45) is 5.92 Å². The van der Waals surface area contributed by atoms with Crippen molar-refractivity contribution in [1.29, 1.82) is 0 Å². The number of carbonyl (C=O) groups excluding carboxylic acids is 3. The van der Waals surface area contributed by atoms with Crippen LogP contribution in [0.25, 0.3) is 0 Å². The molecule has 2 aromatic rings. The van der Waals surface area contributed by atoms with Gasteiger partial charge in [0.15, 0.2) is 0 Å². The summed E-state index contributed by atoms with van der Waals surface area (Å²) in [5.74, 6) is -0.573. The fourth-order valence-electron chi connectivity index (χ4n) is 4.63. The number of hydrogen-bond donors (Lipinski definition) is 1. The van der Waals surface area contributed by atoms with E-state index in [1.807, 2.05) is 42.2 Å². The maximum atomic E-state index is 13.1. The molecule has 0 aliphatic carbocycles. The second kappa shape index (κ2) is 10.2. The number of aryl methyl sites for hydroxylation is 1. The van der Waals surface area contributed by atoms with Crippen LogP contribution in [0.5, 0.6) is 0 Å². The molecule has 4 rings (SSSR count). The minimum Gasteiger partial charge on any atom is -0.340 e. The van der Waals surface area contributed by atoms with Crippen LogP contribution in [0.1, 0.15) is 35.7 Å². The SMILES string of the molecule is CCCN1CCN(C(=O)C2CC(=O)N(c3cccc(C(=O)Nc4cccc(C)c4)c3)C2)CC1. The zero-order valence-corrected chi connectivity index (χ0v) is 19.4. The van der Waals surface area contributed by atoms with Crippen molar-refractivity contribution in [2.75, 3.05) is 49.5 Å². The van der Waals surface area contributed by atoms with E-state index >= 15 is 0 Å². The first-order valence-electron chi connectivity index (χ1n) is 11.7. The van der Waals surface area contributed by atoms with Gasteiger partial charge >= 0.3 is 0 Å². The highest BCUT2D eigenvalue weighted by Gasteiger charge is 2.38. The number of piperazine rings is 1. The molecular formula is C26H32N4O3. The first-order valence-corrected chi connectivity index (χ1v) is 11.7. The summed E-state index contributed by atoms with van der Waals surface area (Å²) in [4.78, 5) is 44.5. The van der Waals surface area contributed by atoms with Gasteiger partial charge in [-0.3, -0.25) is 19.3 Å². The van der Waals surface area contributed by atoms with E-state index in [0.29, 0.717) is 17.8 Å². The van der Waals surface area contributed by atoms with Crippen molar-refractivity contribution >= 4 is 29.1 Å². The molecule has 0 saturated carbocycles. The van der Waals surface area contributed by atoms with Crippen LogP contribution in [-0.4, -0.2) is 66.8 Å². The van der Waals surface area contributed by atoms with Crippen LogP contribution in [-0.2, 0) is 9.59 Å². The smallest absolute Gasteiger partial charge is 0.255 e. The predicted octanol–water partition coefficient (Wildman–Crippen LogP) is 3.15. The lowest BCUT2D eigenvalue weighted by Crippen LogP contribution is -2.50. The molecule has 0 bridgehead atoms. The average Bonchev–Trinajstić information content (AvgIpc) is 3.21. The third-order valence-electron chi connectivity index (χ3n) is 6.39. The maximum Gasteiger partial charge on any atom is 0.255 e. The second-order valence-electron chi connectivity index (χ2n) is 8.95. The fourth-order valence-corrected chi connectivity index (χ4v) is 4.63. The molecule has 2 heterocycles. The molecular weight excluding hydrogens is 416 g/mol. The number of nitrogens with zero attached hydrogens (tertiary/aromatic N) is 3. The molecule has 7 heteroatoms. The fraction of sp³-hybridized carbons (Fsp3) is 0.423. The summed E-state index contributed by atoms with van der Waals surface area (Å²) in [6.07, 6.45) is 1.33. The molecule has 2 aliphatic heterocycles. The van der Waals surface area contributed by atoms with E-state index in [-0.39, 0.29) is 30.1 Å². The molecule has 1 atom stereocenters. The lowest BCUT2D eigenvalue weighted by Gasteiger charge is -2.35. The summed E-state index contributed by atoms with van der Waals surface area (Å²) in [6.45, 7) is 8.78. The van der Waals surface area contributed by atoms with E-state index in [0.717, 1.165) is 50.4 Å². The largest absolute Gasteiger partial charge is 0.340 e. The molecule has 33 heavy (non-hydrogen) atoms. The minimum absolute atomic E-state index is 0.0651. The van der Waals surface area contributed by atoms with Crippen LogP contribution in [0.4, 0.5) is 11.4 Å². The van der Waals surface area contributed by atoms with E-state index in [1.54, 1.807) is 23.1 Å². The van der Waals surface area contributed by atoms with Crippen LogP contribution in [0, 0.1) is 12.8 Å². The van der Waals surface area contributed by atoms with Gasteiger partial charge in [0.05, 0.1) is 5.92 Å². The number of hydrogen-bond acceptors (Lipinski definition) is 4. The van der Waals surface area contributed by atoms with Crippen molar-refractivity contribution in [3.8, 4) is 0 Å². The van der Waals surface area contributed by atoms with E-state index in [1.165, 1.54) is 0 Å². The molecule has 7 nitrogen and oxygen atoms in total. The first kappa shape index (κ1) is 23.0. The zero-order valence-electron chi connectivity index (χ0n) is 19.4. The Morgan fingerprint density at radius 2 is 1.79 bits per heavy atom. The molecule has 2 aromatic carbocycles. The summed E-state index contributed by atoms with van der Waals surface area (Å²) < 4.78 is 0. The van der Waals surface area contributed by atoms with Gasteiger partial charge in [-0.05, 0) is 55.8 Å². The molecule has 0 radical (unpaired) electrons. The Labute approximate surface area is 195 Å². The number of nitrogens with one attached hydrogen (secondary N) is 1. The molecule has 1 N–H and O–H groups in total. The van der Waals surface area contributed by atoms with Gasteiger partial charge in [-0.15, -0.1) is 0 Å². The van der Waals surface area contributed by atoms with E-state index in [2.05, 4.69) is 17.1 Å². The van der Waals surface area contributed by atoms with Crippen molar-refractivity contribution in [3.05, 3.63) is 59.7 Å². The van der Waals surface area contributed by atoms with E-state index in [9.17, 15) is 14.4 Å². The lowest BCUT2D eigenvalue weighted by molar-refractivity contribution is -0.137. The van der Waals surface area contributed by atoms with Gasteiger partial charge in [-0.1, -0.05) is 25.1 Å². The molecule has 3 amide bonds. The molecule has 2 saturated heterocycles. The molecule has 2 fully saturated rings. The highest BCUT2D eigenvalue weighted by atomic mass is 16.2. The normalized spacial score (nSPS) is 19.1. The van der Waals surface area contributed by atoms with Gasteiger partial charge in [-0.2, -0.15) is 0 Å². The minimum atomic E-state index is -0.333. The van der Waals surface area contributed by atoms with Crippen LogP contribution >= 0.6 is 0 Å². The molecule has 1 unspecified atom stereocenters. The Hall–Kier alpha value is -3.19. The molecule has 2 aliphatic rings. The summed E-state index contributed by atoms with van der Waals surface area (Å²) in [7, 11) is 0. The number of carbonyl (C=O) groups is 3. The number of amides is 3. The predicted molar refractivity (Wildman–Crippen MR) is 129 cm³/mol. The van der Waals surface area contributed by atoms with Gasteiger partial charge in [0, 0.05) is 56.1 Å². The monoisotopic (exact) mass is 448 g/mol. The Bertz CT molecular complexity index is 1030. The number of anilines is 2. The Balaban J connectivity index is 1.40. The molecule has 0 spiro atoms. The average molecular weight is 449 g/mol. The molecule has 0 aromatic heterocycles. The number of benzene rings is 2. The summed E-state index contributed by atoms with van der Waals surface area (Å²) in [5, 5.41) is 2.90. The first-order chi connectivity index (χ1) is 15.9. The van der Waals surface area contributed by atoms with Crippen molar-refractivity contribution < 1.29 is 14.4 Å². The Morgan fingerprint density at radius 3 is 2.52 bits per heavy atom. The van der Waals surface area contributed by atoms with Crippen molar-refractivity contribution in [2.45, 2.75) is 26.7 Å². The van der Waals surface area contributed by atoms with Crippen LogP contribution in [0.3, 0.4) is 0 Å². The third-order valence-corrected chi connectivity index (χ3v) is 6.39. The van der Waals surface area contributed by atoms with Gasteiger partial charge in [0.25, 0.3) is 5.91 Å². The molecule has 174 valence electrons. The van der Waals surface area contributed by atoms with Crippen LogP contribution < -0.4 is 10.2 Å². The van der Waals surface area contributed by atoms with Crippen molar-refractivity contribution in [1.82, 2.24) is 9.80 Å². The van der Waals surface area contributed by atoms with Gasteiger partial charge < -0.3 is 15.1 Å². The summed E-state index contributed by atoms with van der Waals surface area (Å²) in [6, 6.07) is 14.7. The third kappa shape index (κ3) is 5.42. The highest BCUT2D eigenvalue weighted by Crippen LogP contribution is 2.27. The maximum absolute atomic E-state index is 13.1. The summed E-state index contributed by atoms with van der Waals surface area (Å²) >= 11 is 0. The van der Waals surface area contributed by atoms with Gasteiger partial charge in [0.2, 0.25) is 11.8 Å². The number of rotatable bonds is 6. The zero-order chi connectivity index (χ0) is 23.4. The lowest BCUT2D eigenvalue weighted by atomic mass is 10.1. The van der Waals surface area contributed by atoms with Crippen molar-refractivity contribution in [3.63, 3.8) is 0 Å². The second-order valence-corrected chi connectivity index (χ2v) is 8.95. The van der Waals surface area contributed by atoms with Gasteiger partial charge in [-0.25, -0.2) is 0 Å². The highest BCUT2D eigenvalue weighted by molar-refractivity contribution is 6.06. The quantitative estimate of drug-likeness (QED) is 0.737. The van der Waals surface area contributed by atoms with E-state index < -0.39 is 0 Å². The summed E-state index contributed by atoms with van der Waals surface area (Å²) in [5.41, 5.74) is 2.92. The Kier molecular flexibility index (Phi) is 7.08. The standard InChI is InChI=1S/C26H32N4O3/c1-3-10-28-11-13-29(14-12-28)26(33)21-17-24(31)30(18-21)23-9-5-7-20(16-23)25(32)27-22-8-4-6-19(2)15-22/h4-9,15-16,21H,3,10-14,17-18H2,1-2H3,(H,27,32). The topological polar surface area (TPSA) is 73.0 Å².